The minimum Gasteiger partial charge on any atom is -0.481 e. The molecule has 0 aliphatic carbocycles. The van der Waals surface area contributed by atoms with Gasteiger partial charge in [0.1, 0.15) is 0 Å². The monoisotopic (exact) mass is 227 g/mol. The van der Waals surface area contributed by atoms with Gasteiger partial charge in [0.15, 0.2) is 0 Å². The first-order chi connectivity index (χ1) is 7.18. The smallest absolute Gasteiger partial charge is 0.313 e. The zero-order chi connectivity index (χ0) is 11.1. The van der Waals surface area contributed by atoms with Gasteiger partial charge in [-0.15, -0.1) is 11.8 Å². The number of carbonyl (C=O) groups is 2. The predicted octanol–water partition coefficient (Wildman–Crippen LogP) is 0.233. The van der Waals surface area contributed by atoms with Crippen LogP contribution in [0.3, 0.4) is 0 Å². The Balaban J connectivity index is 2.28. The maximum absolute atomic E-state index is 11.2. The highest BCUT2D eigenvalue weighted by molar-refractivity contribution is 8.00. The molecule has 0 fully saturated rings. The highest BCUT2D eigenvalue weighted by atomic mass is 32.2. The van der Waals surface area contributed by atoms with E-state index in [4.69, 9.17) is 5.11 Å². The van der Waals surface area contributed by atoms with Crippen LogP contribution in [0.15, 0.2) is 18.5 Å². The van der Waals surface area contributed by atoms with E-state index < -0.39 is 5.97 Å². The number of carboxylic acid groups (broad SMARTS) is 1. The Morgan fingerprint density at radius 1 is 1.33 bits per heavy atom. The van der Waals surface area contributed by atoms with Crippen molar-refractivity contribution in [3.05, 3.63) is 18.5 Å². The summed E-state index contributed by atoms with van der Waals surface area (Å²) in [4.78, 5) is 28.9. The van der Waals surface area contributed by atoms with Crippen molar-refractivity contribution in [3.63, 3.8) is 0 Å². The Kier molecular flexibility index (Phi) is 4.55. The molecule has 0 bridgehead atoms. The van der Waals surface area contributed by atoms with Crippen molar-refractivity contribution < 1.29 is 14.7 Å². The molecule has 6 nitrogen and oxygen atoms in total. The van der Waals surface area contributed by atoms with Crippen LogP contribution in [0.2, 0.25) is 0 Å². The number of aliphatic carboxylic acids is 1. The third-order valence-electron chi connectivity index (χ3n) is 1.28. The van der Waals surface area contributed by atoms with Crippen molar-refractivity contribution in [2.24, 2.45) is 0 Å². The van der Waals surface area contributed by atoms with E-state index in [0.29, 0.717) is 0 Å². The van der Waals surface area contributed by atoms with Gasteiger partial charge in [-0.3, -0.25) is 14.9 Å². The summed E-state index contributed by atoms with van der Waals surface area (Å²) >= 11 is 1.02. The second-order valence-corrected chi connectivity index (χ2v) is 3.49. The van der Waals surface area contributed by atoms with Crippen LogP contribution in [-0.2, 0) is 9.59 Å². The first-order valence-electron chi connectivity index (χ1n) is 4.05. The molecule has 2 N–H and O–H groups in total. The van der Waals surface area contributed by atoms with Gasteiger partial charge in [0.2, 0.25) is 11.9 Å². The van der Waals surface area contributed by atoms with Crippen molar-refractivity contribution in [2.45, 2.75) is 0 Å². The third-order valence-corrected chi connectivity index (χ3v) is 2.19. The van der Waals surface area contributed by atoms with Crippen LogP contribution in [0.25, 0.3) is 0 Å². The number of nitrogens with one attached hydrogen (secondary N) is 1. The average Bonchev–Trinajstić information content (AvgIpc) is 2.18. The molecule has 1 aromatic heterocycles. The summed E-state index contributed by atoms with van der Waals surface area (Å²) in [5.41, 5.74) is 0. The van der Waals surface area contributed by atoms with Crippen molar-refractivity contribution in [1.29, 1.82) is 0 Å². The molecule has 0 aliphatic heterocycles. The summed E-state index contributed by atoms with van der Waals surface area (Å²) in [5.74, 6) is -1.05. The number of carbonyl (C=O) groups excluding carboxylic acids is 1. The Bertz CT molecular complexity index is 344. The van der Waals surface area contributed by atoms with Crippen LogP contribution in [0.4, 0.5) is 5.95 Å². The second kappa shape index (κ2) is 5.97. The molecule has 1 heterocycles. The molecule has 1 aromatic rings. The zero-order valence-electron chi connectivity index (χ0n) is 7.71. The van der Waals surface area contributed by atoms with Crippen LogP contribution in [-0.4, -0.2) is 38.5 Å². The molecule has 15 heavy (non-hydrogen) atoms. The lowest BCUT2D eigenvalue weighted by atomic mass is 10.6. The summed E-state index contributed by atoms with van der Waals surface area (Å²) in [7, 11) is 0. The normalized spacial score (nSPS) is 9.60. The number of carboxylic acids is 1. The first-order valence-corrected chi connectivity index (χ1v) is 5.20. The summed E-state index contributed by atoms with van der Waals surface area (Å²) in [6.07, 6.45) is 3.01. The predicted molar refractivity (Wildman–Crippen MR) is 55.6 cm³/mol. The van der Waals surface area contributed by atoms with E-state index in [-0.39, 0.29) is 23.4 Å². The van der Waals surface area contributed by atoms with Gasteiger partial charge >= 0.3 is 5.97 Å². The molecule has 0 radical (unpaired) electrons. The fourth-order valence-electron chi connectivity index (χ4n) is 0.755. The minimum absolute atomic E-state index is 0.0740. The maximum Gasteiger partial charge on any atom is 0.313 e. The number of aromatic nitrogens is 2. The Labute approximate surface area is 90.1 Å². The molecule has 7 heteroatoms. The highest BCUT2D eigenvalue weighted by Gasteiger charge is 2.05. The maximum atomic E-state index is 11.2. The third kappa shape index (κ3) is 4.96. The minimum atomic E-state index is -0.941. The van der Waals surface area contributed by atoms with E-state index in [2.05, 4.69) is 15.3 Å². The lowest BCUT2D eigenvalue weighted by molar-refractivity contribution is -0.133. The number of thioether (sulfide) groups is 1. The van der Waals surface area contributed by atoms with Gasteiger partial charge in [-0.25, -0.2) is 9.97 Å². The molecule has 0 saturated heterocycles. The van der Waals surface area contributed by atoms with Gasteiger partial charge in [-0.05, 0) is 6.07 Å². The standard InChI is InChI=1S/C8H9N3O3S/c12-6(4-15-5-7(13)14)11-8-9-2-1-3-10-8/h1-3H,4-5H2,(H,13,14)(H,9,10,11,12). The van der Waals surface area contributed by atoms with Crippen LogP contribution >= 0.6 is 11.8 Å². The zero-order valence-corrected chi connectivity index (χ0v) is 8.53. The van der Waals surface area contributed by atoms with Gasteiger partial charge in [0.05, 0.1) is 11.5 Å². The Morgan fingerprint density at radius 3 is 2.60 bits per heavy atom. The summed E-state index contributed by atoms with van der Waals surface area (Å²) in [6.45, 7) is 0. The topological polar surface area (TPSA) is 92.2 Å². The molecule has 0 saturated carbocycles. The molecule has 0 aromatic carbocycles. The van der Waals surface area contributed by atoms with Gasteiger partial charge in [0, 0.05) is 12.4 Å². The van der Waals surface area contributed by atoms with Crippen molar-refractivity contribution in [2.75, 3.05) is 16.8 Å². The van der Waals surface area contributed by atoms with Crippen molar-refractivity contribution >= 4 is 29.6 Å². The van der Waals surface area contributed by atoms with Crippen molar-refractivity contribution in [1.82, 2.24) is 9.97 Å². The molecule has 1 amide bonds. The molecule has 1 rings (SSSR count). The Hall–Kier alpha value is -1.63. The lowest BCUT2D eigenvalue weighted by Crippen LogP contribution is -2.16. The van der Waals surface area contributed by atoms with Crippen LogP contribution < -0.4 is 5.32 Å². The fourth-order valence-corrected chi connectivity index (χ4v) is 1.29. The van der Waals surface area contributed by atoms with E-state index in [0.717, 1.165) is 11.8 Å². The number of amides is 1. The van der Waals surface area contributed by atoms with Crippen LogP contribution in [0.1, 0.15) is 0 Å². The molecule has 80 valence electrons. The number of hydrogen-bond donors (Lipinski definition) is 2. The number of hydrogen-bond acceptors (Lipinski definition) is 5. The van der Waals surface area contributed by atoms with E-state index in [1.165, 1.54) is 12.4 Å². The number of nitrogens with zero attached hydrogens (tertiary/aromatic N) is 2. The summed E-state index contributed by atoms with van der Waals surface area (Å²) in [6, 6.07) is 1.63. The second-order valence-electron chi connectivity index (χ2n) is 2.51. The molecule has 0 spiro atoms. The average molecular weight is 227 g/mol. The number of rotatable bonds is 5. The quantitative estimate of drug-likeness (QED) is 0.748. The van der Waals surface area contributed by atoms with Gasteiger partial charge in [0.25, 0.3) is 0 Å². The van der Waals surface area contributed by atoms with Crippen LogP contribution in [0, 0.1) is 0 Å². The molecular formula is C8H9N3O3S. The first kappa shape index (κ1) is 11.4. The van der Waals surface area contributed by atoms with Crippen LogP contribution in [0.5, 0.6) is 0 Å². The molecule has 0 aliphatic rings. The van der Waals surface area contributed by atoms with E-state index >= 15 is 0 Å². The summed E-state index contributed by atoms with van der Waals surface area (Å²) < 4.78 is 0. The van der Waals surface area contributed by atoms with Gasteiger partial charge in [-0.1, -0.05) is 0 Å². The Morgan fingerprint density at radius 2 is 2.00 bits per heavy atom. The van der Waals surface area contributed by atoms with Gasteiger partial charge < -0.3 is 5.11 Å². The highest BCUT2D eigenvalue weighted by Crippen LogP contribution is 2.01. The van der Waals surface area contributed by atoms with E-state index in [9.17, 15) is 9.59 Å². The molecule has 0 unspecified atom stereocenters. The largest absolute Gasteiger partial charge is 0.481 e. The fraction of sp³-hybridized carbons (Fsp3) is 0.250. The molecule has 0 atom stereocenters. The summed E-state index contributed by atoms with van der Waals surface area (Å²) in [5, 5.41) is 10.8. The molecular weight excluding hydrogens is 218 g/mol. The lowest BCUT2D eigenvalue weighted by Gasteiger charge is -2.01. The van der Waals surface area contributed by atoms with E-state index in [1.807, 2.05) is 0 Å². The van der Waals surface area contributed by atoms with E-state index in [1.54, 1.807) is 6.07 Å². The SMILES string of the molecule is O=C(O)CSCC(=O)Nc1ncccn1. The van der Waals surface area contributed by atoms with Gasteiger partial charge in [-0.2, -0.15) is 0 Å². The van der Waals surface area contributed by atoms with Crippen molar-refractivity contribution in [3.8, 4) is 0 Å². The number of anilines is 1.